The van der Waals surface area contributed by atoms with Crippen molar-refractivity contribution in [1.29, 1.82) is 0 Å². The van der Waals surface area contributed by atoms with Gasteiger partial charge in [-0.15, -0.1) is 0 Å². The van der Waals surface area contributed by atoms with E-state index in [1.807, 2.05) is 6.92 Å². The average Bonchev–Trinajstić information content (AvgIpc) is 2.99. The number of halogens is 3. The number of unbranched alkanes of at least 4 members (excludes halogenated alkanes) is 1. The molecule has 0 saturated heterocycles. The summed E-state index contributed by atoms with van der Waals surface area (Å²) in [6, 6.07) is 12.4. The Morgan fingerprint density at radius 2 is 1.65 bits per heavy atom. The molecule has 3 aromatic rings. The Morgan fingerprint density at radius 1 is 0.977 bits per heavy atom. The third-order valence-corrected chi connectivity index (χ3v) is 9.05. The van der Waals surface area contributed by atoms with Gasteiger partial charge >= 0.3 is 0 Å². The number of hydrogen-bond acceptors (Lipinski definition) is 6. The SMILES string of the molecule is CCCCNC(=O)[C@H](C)N(Cc1ccc(Cl)cc1Cl)C(=O)CN(c1ccc(F)cc1)S(=O)(=O)c1ccc(OC)c(OC)c1. The van der Waals surface area contributed by atoms with Crippen LogP contribution in [0.4, 0.5) is 10.1 Å². The van der Waals surface area contributed by atoms with Crippen LogP contribution in [0.15, 0.2) is 65.6 Å². The van der Waals surface area contributed by atoms with Crippen LogP contribution in [0.25, 0.3) is 0 Å². The van der Waals surface area contributed by atoms with Gasteiger partial charge in [0.15, 0.2) is 11.5 Å². The third kappa shape index (κ3) is 8.52. The maximum absolute atomic E-state index is 14.0. The highest BCUT2D eigenvalue weighted by Crippen LogP contribution is 2.32. The molecule has 0 fully saturated rings. The number of carbonyl (C=O) groups is 2. The van der Waals surface area contributed by atoms with E-state index >= 15 is 0 Å². The monoisotopic (exact) mass is 653 g/mol. The van der Waals surface area contributed by atoms with Gasteiger partial charge in [-0.1, -0.05) is 42.6 Å². The van der Waals surface area contributed by atoms with Crippen molar-refractivity contribution in [3.63, 3.8) is 0 Å². The first kappa shape index (κ1) is 34.0. The lowest BCUT2D eigenvalue weighted by Crippen LogP contribution is -2.51. The smallest absolute Gasteiger partial charge is 0.264 e. The van der Waals surface area contributed by atoms with Crippen LogP contribution in [-0.2, 0) is 26.2 Å². The molecule has 0 heterocycles. The molecule has 1 atom stereocenters. The van der Waals surface area contributed by atoms with Crippen LogP contribution in [0.2, 0.25) is 10.0 Å². The molecule has 1 N–H and O–H groups in total. The van der Waals surface area contributed by atoms with Gasteiger partial charge in [0.1, 0.15) is 18.4 Å². The number of benzene rings is 3. The second kappa shape index (κ2) is 15.3. The summed E-state index contributed by atoms with van der Waals surface area (Å²) < 4.78 is 53.2. The summed E-state index contributed by atoms with van der Waals surface area (Å²) in [7, 11) is -1.64. The van der Waals surface area contributed by atoms with E-state index in [-0.39, 0.29) is 27.9 Å². The highest BCUT2D eigenvalue weighted by atomic mass is 35.5. The highest BCUT2D eigenvalue weighted by Gasteiger charge is 2.33. The van der Waals surface area contributed by atoms with Crippen LogP contribution >= 0.6 is 23.2 Å². The zero-order valence-corrected chi connectivity index (χ0v) is 26.6. The van der Waals surface area contributed by atoms with Crippen molar-refractivity contribution >= 4 is 50.7 Å². The standard InChI is InChI=1S/C30H34Cl2FN3O6S/c1-5-6-15-34-30(38)20(2)35(18-21-7-8-22(31)16-26(21)32)29(37)19-36(24-11-9-23(33)10-12-24)43(39,40)25-13-14-27(41-3)28(17-25)42-4/h7-14,16-17,20H,5-6,15,18-19H2,1-4H3,(H,34,38)/t20-/m0/s1. The first-order chi connectivity index (χ1) is 20.4. The maximum atomic E-state index is 14.0. The number of nitrogens with zero attached hydrogens (tertiary/aromatic N) is 2. The lowest BCUT2D eigenvalue weighted by Gasteiger charge is -2.32. The largest absolute Gasteiger partial charge is 0.493 e. The summed E-state index contributed by atoms with van der Waals surface area (Å²) in [6.07, 6.45) is 1.61. The van der Waals surface area contributed by atoms with Gasteiger partial charge in [-0.3, -0.25) is 13.9 Å². The Kier molecular flexibility index (Phi) is 12.1. The van der Waals surface area contributed by atoms with Gasteiger partial charge in [0.2, 0.25) is 11.8 Å². The minimum atomic E-state index is -4.42. The van der Waals surface area contributed by atoms with Gasteiger partial charge < -0.3 is 19.7 Å². The molecule has 0 radical (unpaired) electrons. The molecule has 9 nitrogen and oxygen atoms in total. The quantitative estimate of drug-likeness (QED) is 0.225. The van der Waals surface area contributed by atoms with Gasteiger partial charge in [0, 0.05) is 29.2 Å². The Balaban J connectivity index is 2.06. The topological polar surface area (TPSA) is 105 Å². The number of rotatable bonds is 14. The number of anilines is 1. The molecule has 2 amide bonds. The van der Waals surface area contributed by atoms with E-state index in [2.05, 4.69) is 5.32 Å². The van der Waals surface area contributed by atoms with Crippen molar-refractivity contribution in [2.24, 2.45) is 0 Å². The van der Waals surface area contributed by atoms with Crippen molar-refractivity contribution in [2.75, 3.05) is 31.6 Å². The van der Waals surface area contributed by atoms with E-state index < -0.39 is 40.2 Å². The summed E-state index contributed by atoms with van der Waals surface area (Å²) in [5.41, 5.74) is 0.540. The van der Waals surface area contributed by atoms with E-state index in [4.69, 9.17) is 32.7 Å². The normalized spacial score (nSPS) is 11.9. The predicted molar refractivity (Wildman–Crippen MR) is 165 cm³/mol. The first-order valence-corrected chi connectivity index (χ1v) is 15.6. The number of carbonyl (C=O) groups excluding carboxylic acids is 2. The van der Waals surface area contributed by atoms with Crippen molar-refractivity contribution in [3.05, 3.63) is 82.1 Å². The predicted octanol–water partition coefficient (Wildman–Crippen LogP) is 5.68. The molecule has 0 aromatic heterocycles. The number of ether oxygens (including phenoxy) is 2. The van der Waals surface area contributed by atoms with E-state index in [1.54, 1.807) is 19.1 Å². The minimum absolute atomic E-state index is 0.0362. The molecule has 0 bridgehead atoms. The molecule has 3 aromatic carbocycles. The summed E-state index contributed by atoms with van der Waals surface area (Å²) in [5, 5.41) is 3.48. The molecule has 0 unspecified atom stereocenters. The Hall–Kier alpha value is -3.54. The highest BCUT2D eigenvalue weighted by molar-refractivity contribution is 7.92. The lowest BCUT2D eigenvalue weighted by atomic mass is 10.1. The van der Waals surface area contributed by atoms with E-state index in [9.17, 15) is 22.4 Å². The van der Waals surface area contributed by atoms with E-state index in [0.717, 1.165) is 29.3 Å². The fourth-order valence-electron chi connectivity index (χ4n) is 4.19. The van der Waals surface area contributed by atoms with Crippen LogP contribution in [0, 0.1) is 5.82 Å². The Labute approximate surface area is 261 Å². The van der Waals surface area contributed by atoms with Gasteiger partial charge in [-0.05, 0) is 67.4 Å². The van der Waals surface area contributed by atoms with Crippen molar-refractivity contribution < 1.29 is 31.9 Å². The molecule has 3 rings (SSSR count). The van der Waals surface area contributed by atoms with Crippen molar-refractivity contribution in [3.8, 4) is 11.5 Å². The van der Waals surface area contributed by atoms with Gasteiger partial charge in [-0.25, -0.2) is 12.8 Å². The molecule has 0 saturated carbocycles. The molecule has 0 aliphatic carbocycles. The summed E-state index contributed by atoms with van der Waals surface area (Å²) >= 11 is 12.5. The first-order valence-electron chi connectivity index (χ1n) is 13.4. The third-order valence-electron chi connectivity index (χ3n) is 6.69. The molecule has 0 aliphatic heterocycles. The van der Waals surface area contributed by atoms with Crippen molar-refractivity contribution in [2.45, 2.75) is 44.2 Å². The molecule has 232 valence electrons. The second-order valence-electron chi connectivity index (χ2n) is 9.58. The van der Waals surface area contributed by atoms with Crippen LogP contribution < -0.4 is 19.1 Å². The number of sulfonamides is 1. The summed E-state index contributed by atoms with van der Waals surface area (Å²) in [5.74, 6) is -1.24. The maximum Gasteiger partial charge on any atom is 0.264 e. The lowest BCUT2D eigenvalue weighted by molar-refractivity contribution is -0.139. The number of methoxy groups -OCH3 is 2. The van der Waals surface area contributed by atoms with Gasteiger partial charge in [-0.2, -0.15) is 0 Å². The summed E-state index contributed by atoms with van der Waals surface area (Å²) in [4.78, 5) is 28.1. The fourth-order valence-corrected chi connectivity index (χ4v) is 6.09. The number of nitrogens with one attached hydrogen (secondary N) is 1. The molecular weight excluding hydrogens is 620 g/mol. The average molecular weight is 655 g/mol. The molecule has 0 aliphatic rings. The summed E-state index contributed by atoms with van der Waals surface area (Å²) in [6.45, 7) is 3.13. The van der Waals surface area contributed by atoms with Crippen molar-refractivity contribution in [1.82, 2.24) is 10.2 Å². The number of hydrogen-bond donors (Lipinski definition) is 1. The van der Waals surface area contributed by atoms with Gasteiger partial charge in [0.25, 0.3) is 10.0 Å². The second-order valence-corrected chi connectivity index (χ2v) is 12.3. The molecule has 43 heavy (non-hydrogen) atoms. The zero-order chi connectivity index (χ0) is 31.7. The molecule has 13 heteroatoms. The van der Waals surface area contributed by atoms with Gasteiger partial charge in [0.05, 0.1) is 24.8 Å². The fraction of sp³-hybridized carbons (Fsp3) is 0.333. The van der Waals surface area contributed by atoms with Crippen LogP contribution in [0.1, 0.15) is 32.3 Å². The molecule has 0 spiro atoms. The van der Waals surface area contributed by atoms with Crippen LogP contribution in [0.5, 0.6) is 11.5 Å². The van der Waals surface area contributed by atoms with Crippen LogP contribution in [-0.4, -0.2) is 58.5 Å². The number of amides is 2. The van der Waals surface area contributed by atoms with E-state index in [0.29, 0.717) is 22.9 Å². The van der Waals surface area contributed by atoms with Crippen LogP contribution in [0.3, 0.4) is 0 Å². The Bertz CT molecular complexity index is 1540. The zero-order valence-electron chi connectivity index (χ0n) is 24.3. The Morgan fingerprint density at radius 3 is 2.26 bits per heavy atom. The molecular formula is C30H34Cl2FN3O6S. The minimum Gasteiger partial charge on any atom is -0.493 e. The van der Waals surface area contributed by atoms with E-state index in [1.165, 1.54) is 55.5 Å².